The van der Waals surface area contributed by atoms with E-state index >= 15 is 0 Å². The monoisotopic (exact) mass is 489 g/mol. The van der Waals surface area contributed by atoms with Gasteiger partial charge in [0.25, 0.3) is 11.8 Å². The molecule has 34 heavy (non-hydrogen) atoms. The van der Waals surface area contributed by atoms with Gasteiger partial charge in [-0.15, -0.1) is 11.3 Å². The molecule has 2 amide bonds. The van der Waals surface area contributed by atoms with E-state index in [-0.39, 0.29) is 4.90 Å². The minimum atomic E-state index is -3.76. The van der Waals surface area contributed by atoms with Crippen LogP contribution in [0.4, 0.5) is 0 Å². The van der Waals surface area contributed by atoms with Gasteiger partial charge in [-0.1, -0.05) is 36.4 Å². The SMILES string of the molecule is NS(=O)(=O)c1ccc(CN/C=C2\C(=O)NC(=O)c3ccc(-c4csc5ccccc45)cc32)cc1. The molecule has 0 bridgehead atoms. The molecule has 0 saturated carbocycles. The van der Waals surface area contributed by atoms with Crippen LogP contribution in [0.3, 0.4) is 0 Å². The Hall–Kier alpha value is -3.79. The predicted octanol–water partition coefficient (Wildman–Crippen LogP) is 3.62. The summed E-state index contributed by atoms with van der Waals surface area (Å²) in [6.45, 7) is 0.347. The second kappa shape index (κ2) is 8.53. The molecule has 0 radical (unpaired) electrons. The number of imide groups is 1. The number of amides is 2. The third-order valence-corrected chi connectivity index (χ3v) is 7.52. The number of rotatable bonds is 5. The third-order valence-electron chi connectivity index (χ3n) is 5.62. The van der Waals surface area contributed by atoms with Crippen LogP contribution in [0.5, 0.6) is 0 Å². The molecule has 4 aromatic rings. The summed E-state index contributed by atoms with van der Waals surface area (Å²) in [6, 6.07) is 19.7. The molecule has 0 saturated heterocycles. The van der Waals surface area contributed by atoms with Crippen LogP contribution in [-0.4, -0.2) is 20.2 Å². The quantitative estimate of drug-likeness (QED) is 0.292. The van der Waals surface area contributed by atoms with Crippen molar-refractivity contribution >= 4 is 48.8 Å². The highest BCUT2D eigenvalue weighted by molar-refractivity contribution is 7.89. The Morgan fingerprint density at radius 3 is 2.44 bits per heavy atom. The van der Waals surface area contributed by atoms with Crippen molar-refractivity contribution in [2.45, 2.75) is 11.4 Å². The minimum Gasteiger partial charge on any atom is -0.386 e. The number of carbonyl (C=O) groups is 2. The third kappa shape index (κ3) is 4.12. The fourth-order valence-electron chi connectivity index (χ4n) is 3.91. The summed E-state index contributed by atoms with van der Waals surface area (Å²) in [5.41, 5.74) is 4.09. The lowest BCUT2D eigenvalue weighted by Gasteiger charge is -2.19. The van der Waals surface area contributed by atoms with Crippen LogP contribution in [0.2, 0.25) is 0 Å². The van der Waals surface area contributed by atoms with E-state index in [1.807, 2.05) is 24.3 Å². The van der Waals surface area contributed by atoms with Gasteiger partial charge in [-0.2, -0.15) is 0 Å². The summed E-state index contributed by atoms with van der Waals surface area (Å²) in [5.74, 6) is -0.917. The van der Waals surface area contributed by atoms with E-state index in [1.54, 1.807) is 35.7 Å². The molecule has 9 heteroatoms. The average molecular weight is 490 g/mol. The van der Waals surface area contributed by atoms with Crippen molar-refractivity contribution < 1.29 is 18.0 Å². The van der Waals surface area contributed by atoms with Gasteiger partial charge in [-0.3, -0.25) is 14.9 Å². The molecular formula is C25H19N3O4S2. The van der Waals surface area contributed by atoms with E-state index in [9.17, 15) is 18.0 Å². The van der Waals surface area contributed by atoms with Gasteiger partial charge in [0.1, 0.15) is 0 Å². The molecule has 3 aromatic carbocycles. The first kappa shape index (κ1) is 22.0. The van der Waals surface area contributed by atoms with Gasteiger partial charge in [0.05, 0.1) is 10.5 Å². The van der Waals surface area contributed by atoms with Crippen molar-refractivity contribution in [1.82, 2.24) is 10.6 Å². The van der Waals surface area contributed by atoms with E-state index in [2.05, 4.69) is 28.1 Å². The van der Waals surface area contributed by atoms with E-state index < -0.39 is 21.8 Å². The van der Waals surface area contributed by atoms with E-state index in [4.69, 9.17) is 5.14 Å². The summed E-state index contributed by atoms with van der Waals surface area (Å²) in [6.07, 6.45) is 1.57. The number of thiophene rings is 1. The highest BCUT2D eigenvalue weighted by Gasteiger charge is 2.27. The zero-order chi connectivity index (χ0) is 23.9. The molecule has 2 heterocycles. The van der Waals surface area contributed by atoms with Crippen molar-refractivity contribution in [2.24, 2.45) is 5.14 Å². The van der Waals surface area contributed by atoms with Crippen LogP contribution in [-0.2, 0) is 21.4 Å². The Morgan fingerprint density at radius 2 is 1.68 bits per heavy atom. The molecule has 7 nitrogen and oxygen atoms in total. The maximum Gasteiger partial charge on any atom is 0.260 e. The van der Waals surface area contributed by atoms with E-state index in [0.717, 1.165) is 26.8 Å². The van der Waals surface area contributed by atoms with Gasteiger partial charge in [-0.25, -0.2) is 13.6 Å². The number of benzene rings is 3. The molecule has 1 aliphatic heterocycles. The predicted molar refractivity (Wildman–Crippen MR) is 132 cm³/mol. The number of primary sulfonamides is 1. The lowest BCUT2D eigenvalue weighted by atomic mass is 9.91. The molecule has 4 N–H and O–H groups in total. The van der Waals surface area contributed by atoms with Crippen LogP contribution >= 0.6 is 11.3 Å². The van der Waals surface area contributed by atoms with Crippen molar-refractivity contribution in [3.63, 3.8) is 0 Å². The molecule has 0 spiro atoms. The Labute approximate surface area is 200 Å². The number of carbonyl (C=O) groups excluding carboxylic acids is 2. The maximum atomic E-state index is 12.7. The van der Waals surface area contributed by atoms with Crippen molar-refractivity contribution in [3.8, 4) is 11.1 Å². The topological polar surface area (TPSA) is 118 Å². The van der Waals surface area contributed by atoms with Crippen LogP contribution in [0.25, 0.3) is 26.8 Å². The zero-order valence-corrected chi connectivity index (χ0v) is 19.4. The van der Waals surface area contributed by atoms with E-state index in [0.29, 0.717) is 23.2 Å². The first-order chi connectivity index (χ1) is 16.3. The van der Waals surface area contributed by atoms with Gasteiger partial charge in [-0.05, 0) is 46.8 Å². The summed E-state index contributed by atoms with van der Waals surface area (Å²) in [5, 5.41) is 13.8. The Morgan fingerprint density at radius 1 is 0.912 bits per heavy atom. The van der Waals surface area contributed by atoms with Gasteiger partial charge in [0.2, 0.25) is 10.0 Å². The van der Waals surface area contributed by atoms with Gasteiger partial charge < -0.3 is 5.32 Å². The largest absolute Gasteiger partial charge is 0.386 e. The lowest BCUT2D eigenvalue weighted by Crippen LogP contribution is -2.37. The standard InChI is InChI=1S/C25H19N3O4S2/c26-34(31,32)17-8-5-15(6-9-17)12-27-13-21-20-11-16(7-10-19(20)24(29)28-25(21)30)22-14-33-23-4-2-1-3-18(22)23/h1-11,13-14,27H,12H2,(H2,26,31,32)(H,28,29,30)/b21-13-. The number of sulfonamides is 1. The van der Waals surface area contributed by atoms with Gasteiger partial charge >= 0.3 is 0 Å². The fraction of sp³-hybridized carbons (Fsp3) is 0.0400. The van der Waals surface area contributed by atoms with Crippen LogP contribution in [0.15, 0.2) is 83.2 Å². The smallest absolute Gasteiger partial charge is 0.260 e. The number of hydrogen-bond donors (Lipinski definition) is 3. The molecule has 0 fully saturated rings. The fourth-order valence-corrected chi connectivity index (χ4v) is 5.39. The molecule has 5 rings (SSSR count). The van der Waals surface area contributed by atoms with Crippen LogP contribution in [0.1, 0.15) is 21.5 Å². The highest BCUT2D eigenvalue weighted by Crippen LogP contribution is 2.36. The summed E-state index contributed by atoms with van der Waals surface area (Å²) >= 11 is 1.64. The van der Waals surface area contributed by atoms with E-state index in [1.165, 1.54) is 12.1 Å². The normalized spacial score (nSPS) is 14.8. The second-order valence-electron chi connectivity index (χ2n) is 7.82. The van der Waals surface area contributed by atoms with Gasteiger partial charge in [0, 0.05) is 39.5 Å². The first-order valence-corrected chi connectivity index (χ1v) is 12.8. The Balaban J connectivity index is 1.46. The summed E-state index contributed by atoms with van der Waals surface area (Å²) in [4.78, 5) is 25.1. The molecule has 1 aromatic heterocycles. The maximum absolute atomic E-state index is 12.7. The summed E-state index contributed by atoms with van der Waals surface area (Å²) < 4.78 is 24.0. The number of fused-ring (bicyclic) bond motifs is 2. The number of nitrogens with two attached hydrogens (primary N) is 1. The number of nitrogens with one attached hydrogen (secondary N) is 2. The molecule has 0 aliphatic carbocycles. The second-order valence-corrected chi connectivity index (χ2v) is 10.3. The molecule has 0 unspecified atom stereocenters. The number of hydrogen-bond acceptors (Lipinski definition) is 6. The molecular weight excluding hydrogens is 470 g/mol. The lowest BCUT2D eigenvalue weighted by molar-refractivity contribution is -0.114. The molecule has 170 valence electrons. The van der Waals surface area contributed by atoms with Crippen molar-refractivity contribution in [1.29, 1.82) is 0 Å². The molecule has 1 aliphatic rings. The molecule has 0 atom stereocenters. The summed E-state index contributed by atoms with van der Waals surface area (Å²) in [7, 11) is -3.76. The Bertz CT molecular complexity index is 1590. The highest BCUT2D eigenvalue weighted by atomic mass is 32.2. The average Bonchev–Trinajstić information content (AvgIpc) is 3.25. The van der Waals surface area contributed by atoms with Gasteiger partial charge in [0.15, 0.2) is 0 Å². The first-order valence-electron chi connectivity index (χ1n) is 10.3. The van der Waals surface area contributed by atoms with Crippen molar-refractivity contribution in [2.75, 3.05) is 0 Å². The zero-order valence-electron chi connectivity index (χ0n) is 17.7. The van der Waals surface area contributed by atoms with Crippen LogP contribution < -0.4 is 15.8 Å². The minimum absolute atomic E-state index is 0.0298. The van der Waals surface area contributed by atoms with Crippen molar-refractivity contribution in [3.05, 3.63) is 95.0 Å². The van der Waals surface area contributed by atoms with Crippen LogP contribution in [0, 0.1) is 0 Å². The Kier molecular flexibility index (Phi) is 5.52.